The average Bonchev–Trinajstić information content (AvgIpc) is 3.87. The van der Waals surface area contributed by atoms with E-state index in [1.807, 2.05) is 66.8 Å². The van der Waals surface area contributed by atoms with Gasteiger partial charge in [-0.2, -0.15) is 5.10 Å². The van der Waals surface area contributed by atoms with Crippen LogP contribution in [0.25, 0.3) is 66.0 Å². The number of benzene rings is 2. The van der Waals surface area contributed by atoms with E-state index in [2.05, 4.69) is 69.2 Å². The third kappa shape index (κ3) is 4.71. The monoisotopic (exact) mass is 767 g/mol. The zero-order chi connectivity index (χ0) is 33.5. The fourth-order valence-electron chi connectivity index (χ4n) is 6.39. The molecule has 0 radical (unpaired) electrons. The van der Waals surface area contributed by atoms with E-state index in [0.717, 1.165) is 55.0 Å². The Bertz CT molecular complexity index is 2820. The molecular formula is C35H30IN9O2S. The molecule has 48 heavy (non-hydrogen) atoms. The molecule has 9 aromatic rings. The summed E-state index contributed by atoms with van der Waals surface area (Å²) >= 11 is 2.03. The van der Waals surface area contributed by atoms with Gasteiger partial charge in [0.1, 0.15) is 0 Å². The molecule has 7 heterocycles. The van der Waals surface area contributed by atoms with Crippen molar-refractivity contribution in [1.29, 1.82) is 0 Å². The first kappa shape index (κ1) is 30.3. The van der Waals surface area contributed by atoms with Gasteiger partial charge in [-0.25, -0.2) is 27.3 Å². The van der Waals surface area contributed by atoms with Crippen LogP contribution in [-0.2, 0) is 31.2 Å². The number of aryl methyl sites for hydroxylation is 5. The molecule has 0 spiro atoms. The van der Waals surface area contributed by atoms with E-state index < -0.39 is 10.0 Å². The Balaban J connectivity index is 0.000000140. The lowest BCUT2D eigenvalue weighted by atomic mass is 10.1. The van der Waals surface area contributed by atoms with Gasteiger partial charge in [-0.05, 0) is 72.8 Å². The quantitative estimate of drug-likeness (QED) is 0.194. The zero-order valence-electron chi connectivity index (χ0n) is 26.8. The van der Waals surface area contributed by atoms with Gasteiger partial charge in [-0.1, -0.05) is 29.3 Å². The lowest BCUT2D eigenvalue weighted by Gasteiger charge is -2.09. The van der Waals surface area contributed by atoms with E-state index in [9.17, 15) is 8.42 Å². The molecule has 0 amide bonds. The Morgan fingerprint density at radius 1 is 0.792 bits per heavy atom. The molecular weight excluding hydrogens is 737 g/mol. The molecule has 0 saturated heterocycles. The number of aromatic nitrogens is 9. The SMILES string of the molecule is Cc1ccc(S(=O)(=O)n2c(I)cc3c4c(cnc32)cnn4C)cc1.Cc1ccc2c(c1)c(-c1cc3c(ncc4c[nH]n(C)c43)n1)cn2C. The van der Waals surface area contributed by atoms with Crippen molar-refractivity contribution in [3.8, 4) is 11.3 Å². The Morgan fingerprint density at radius 3 is 2.33 bits per heavy atom. The summed E-state index contributed by atoms with van der Waals surface area (Å²) in [5, 5.41) is 12.5. The van der Waals surface area contributed by atoms with Crippen LogP contribution in [-0.4, -0.2) is 51.5 Å². The number of H-pyrrole nitrogens is 1. The summed E-state index contributed by atoms with van der Waals surface area (Å²) in [6.45, 7) is 4.04. The molecule has 7 aromatic heterocycles. The maximum Gasteiger partial charge on any atom is 0.270 e. The molecule has 0 aliphatic carbocycles. The summed E-state index contributed by atoms with van der Waals surface area (Å²) < 4.78 is 34.0. The third-order valence-electron chi connectivity index (χ3n) is 8.77. The minimum Gasteiger partial charge on any atom is -0.350 e. The van der Waals surface area contributed by atoms with Gasteiger partial charge < -0.3 is 9.67 Å². The van der Waals surface area contributed by atoms with Gasteiger partial charge in [0.25, 0.3) is 10.0 Å². The Kier molecular flexibility index (Phi) is 6.96. The molecule has 0 fully saturated rings. The van der Waals surface area contributed by atoms with Crippen molar-refractivity contribution < 1.29 is 8.42 Å². The van der Waals surface area contributed by atoms with Crippen molar-refractivity contribution in [3.05, 3.63) is 100 Å². The summed E-state index contributed by atoms with van der Waals surface area (Å²) in [7, 11) is 2.20. The minimum atomic E-state index is -3.72. The van der Waals surface area contributed by atoms with E-state index in [1.54, 1.807) is 41.3 Å². The van der Waals surface area contributed by atoms with Crippen LogP contribution in [0.4, 0.5) is 0 Å². The Labute approximate surface area is 289 Å². The van der Waals surface area contributed by atoms with Crippen LogP contribution in [0.15, 0.2) is 90.5 Å². The fraction of sp³-hybridized carbons (Fsp3) is 0.143. The first-order valence-electron chi connectivity index (χ1n) is 15.2. The van der Waals surface area contributed by atoms with E-state index in [1.165, 1.54) is 20.4 Å². The molecule has 0 aliphatic heterocycles. The molecule has 0 saturated carbocycles. The van der Waals surface area contributed by atoms with Crippen molar-refractivity contribution in [1.82, 2.24) is 43.1 Å². The molecule has 2 aromatic carbocycles. The number of pyridine rings is 2. The van der Waals surface area contributed by atoms with Gasteiger partial charge in [-0.3, -0.25) is 9.36 Å². The van der Waals surface area contributed by atoms with Crippen molar-refractivity contribution in [2.45, 2.75) is 18.7 Å². The van der Waals surface area contributed by atoms with Crippen molar-refractivity contribution in [2.75, 3.05) is 0 Å². The van der Waals surface area contributed by atoms with E-state index in [0.29, 0.717) is 9.35 Å². The maximum absolute atomic E-state index is 13.1. The molecule has 240 valence electrons. The van der Waals surface area contributed by atoms with Crippen LogP contribution >= 0.6 is 22.6 Å². The highest BCUT2D eigenvalue weighted by Gasteiger charge is 2.24. The first-order valence-corrected chi connectivity index (χ1v) is 17.7. The van der Waals surface area contributed by atoms with E-state index >= 15 is 0 Å². The minimum absolute atomic E-state index is 0.246. The van der Waals surface area contributed by atoms with Crippen LogP contribution in [0.2, 0.25) is 0 Å². The van der Waals surface area contributed by atoms with E-state index in [4.69, 9.17) is 4.98 Å². The number of hydrogen-bond acceptors (Lipinski definition) is 6. The number of nitrogens with one attached hydrogen (secondary N) is 1. The van der Waals surface area contributed by atoms with Crippen LogP contribution in [0.1, 0.15) is 11.1 Å². The van der Waals surface area contributed by atoms with Gasteiger partial charge in [0.2, 0.25) is 0 Å². The summed E-state index contributed by atoms with van der Waals surface area (Å²) in [6.07, 6.45) is 9.37. The Morgan fingerprint density at radius 2 is 1.54 bits per heavy atom. The van der Waals surface area contributed by atoms with Crippen molar-refractivity contribution in [3.63, 3.8) is 0 Å². The molecule has 0 aliphatic rings. The smallest absolute Gasteiger partial charge is 0.270 e. The highest BCUT2D eigenvalue weighted by molar-refractivity contribution is 14.1. The van der Waals surface area contributed by atoms with Gasteiger partial charge >= 0.3 is 0 Å². The first-order chi connectivity index (χ1) is 23.0. The van der Waals surface area contributed by atoms with Gasteiger partial charge in [-0.15, -0.1) is 0 Å². The molecule has 0 unspecified atom stereocenters. The highest BCUT2D eigenvalue weighted by Crippen LogP contribution is 2.34. The van der Waals surface area contributed by atoms with Crippen LogP contribution < -0.4 is 0 Å². The van der Waals surface area contributed by atoms with Crippen LogP contribution in [0, 0.1) is 17.5 Å². The molecule has 1 N–H and O–H groups in total. The lowest BCUT2D eigenvalue weighted by Crippen LogP contribution is -2.15. The molecule has 0 bridgehead atoms. The Hall–Kier alpha value is -5.02. The van der Waals surface area contributed by atoms with Gasteiger partial charge in [0.05, 0.1) is 31.5 Å². The summed E-state index contributed by atoms with van der Waals surface area (Å²) in [5.41, 5.74) is 8.81. The van der Waals surface area contributed by atoms with Gasteiger partial charge in [0, 0.05) is 83.9 Å². The number of hydrogen-bond donors (Lipinski definition) is 1. The zero-order valence-corrected chi connectivity index (χ0v) is 29.7. The predicted octanol–water partition coefficient (Wildman–Crippen LogP) is 6.99. The molecule has 11 nitrogen and oxygen atoms in total. The maximum atomic E-state index is 13.1. The summed E-state index contributed by atoms with van der Waals surface area (Å²) in [4.78, 5) is 13.9. The predicted molar refractivity (Wildman–Crippen MR) is 198 cm³/mol. The third-order valence-corrected chi connectivity index (χ3v) is 11.6. The lowest BCUT2D eigenvalue weighted by molar-refractivity contribution is 0.588. The van der Waals surface area contributed by atoms with Crippen LogP contribution in [0.3, 0.4) is 0 Å². The number of aromatic amines is 1. The molecule has 9 rings (SSSR count). The summed E-state index contributed by atoms with van der Waals surface area (Å²) in [6, 6.07) is 17.3. The second-order valence-electron chi connectivity index (χ2n) is 12.1. The van der Waals surface area contributed by atoms with Crippen LogP contribution in [0.5, 0.6) is 0 Å². The number of nitrogens with zero attached hydrogens (tertiary/aromatic N) is 8. The number of rotatable bonds is 3. The standard InChI is InChI=1S/C19H17N5.C16H13IN4O2S/c1-11-4-5-17-13(6-11)15(10-23(17)2)16-7-14-18-12(9-21-24(18)3)8-20-19(14)22-16;1-10-3-5-12(6-4-10)24(22,23)21-14(17)7-13-15-11(8-18-16(13)21)9-19-20(15)2/h4-10,21H,1-3H3;3-9H,1-2H3. The van der Waals surface area contributed by atoms with Gasteiger partial charge in [0.15, 0.2) is 11.3 Å². The van der Waals surface area contributed by atoms with Crippen molar-refractivity contribution >= 4 is 87.4 Å². The molecule has 0 atom stereocenters. The topological polar surface area (TPSA) is 121 Å². The fourth-order valence-corrected chi connectivity index (χ4v) is 9.05. The number of fused-ring (bicyclic) bond motifs is 7. The number of halogens is 1. The van der Waals surface area contributed by atoms with Crippen molar-refractivity contribution in [2.24, 2.45) is 21.1 Å². The largest absolute Gasteiger partial charge is 0.350 e. The summed E-state index contributed by atoms with van der Waals surface area (Å²) in [5.74, 6) is 0. The van der Waals surface area contributed by atoms with E-state index in [-0.39, 0.29) is 4.90 Å². The second-order valence-corrected chi connectivity index (χ2v) is 15.0. The normalized spacial score (nSPS) is 12.1. The second kappa shape index (κ2) is 11.0. The highest BCUT2D eigenvalue weighted by atomic mass is 127. The average molecular weight is 768 g/mol. The molecule has 13 heteroatoms.